The first-order chi connectivity index (χ1) is 7.72. The summed E-state index contributed by atoms with van der Waals surface area (Å²) in [5.41, 5.74) is 0.976. The van der Waals surface area contributed by atoms with Gasteiger partial charge in [0.1, 0.15) is 0 Å². The molecule has 0 saturated heterocycles. The molecule has 0 atom stereocenters. The molecule has 0 saturated carbocycles. The second-order valence-corrected chi connectivity index (χ2v) is 4.12. The summed E-state index contributed by atoms with van der Waals surface area (Å²) >= 11 is 0. The maximum Gasteiger partial charge on any atom is 0.0964 e. The minimum Gasteiger partial charge on any atom is -0.380 e. The lowest BCUT2D eigenvalue weighted by Crippen LogP contribution is -2.21. The Morgan fingerprint density at radius 2 is 2.25 bits per heavy atom. The second kappa shape index (κ2) is 7.35. The molecule has 0 aliphatic heterocycles. The zero-order valence-electron chi connectivity index (χ0n) is 10.4. The maximum absolute atomic E-state index is 5.39. The molecule has 5 heteroatoms. The van der Waals surface area contributed by atoms with Crippen molar-refractivity contribution in [2.75, 3.05) is 13.2 Å². The molecule has 0 bridgehead atoms. The highest BCUT2D eigenvalue weighted by atomic mass is 16.5. The number of ether oxygens (including phenoxy) is 1. The van der Waals surface area contributed by atoms with Gasteiger partial charge >= 0.3 is 0 Å². The lowest BCUT2D eigenvalue weighted by Gasteiger charge is -2.04. The van der Waals surface area contributed by atoms with E-state index in [1.165, 1.54) is 0 Å². The molecule has 0 spiro atoms. The van der Waals surface area contributed by atoms with Gasteiger partial charge in [0.15, 0.2) is 0 Å². The topological polar surface area (TPSA) is 52.0 Å². The monoisotopic (exact) mass is 226 g/mol. The number of hydrogen-bond acceptors (Lipinski definition) is 4. The van der Waals surface area contributed by atoms with Crippen LogP contribution >= 0.6 is 0 Å². The summed E-state index contributed by atoms with van der Waals surface area (Å²) in [7, 11) is 0. The zero-order chi connectivity index (χ0) is 11.8. The van der Waals surface area contributed by atoms with E-state index in [2.05, 4.69) is 36.4 Å². The van der Waals surface area contributed by atoms with Crippen molar-refractivity contribution >= 4 is 0 Å². The fourth-order valence-corrected chi connectivity index (χ4v) is 1.24. The summed E-state index contributed by atoms with van der Waals surface area (Å²) in [4.78, 5) is 0. The molecular formula is C11H22N4O. The predicted octanol–water partition coefficient (Wildman–Crippen LogP) is 1.20. The first kappa shape index (κ1) is 13.1. The highest BCUT2D eigenvalue weighted by Gasteiger charge is 2.01. The number of aromatic nitrogens is 3. The first-order valence-electron chi connectivity index (χ1n) is 5.92. The van der Waals surface area contributed by atoms with Gasteiger partial charge < -0.3 is 10.1 Å². The summed E-state index contributed by atoms with van der Waals surface area (Å²) in [5, 5.41) is 11.4. The Labute approximate surface area is 97.2 Å². The molecule has 1 aromatic heterocycles. The lowest BCUT2D eigenvalue weighted by atomic mass is 10.3. The molecule has 0 radical (unpaired) electrons. The second-order valence-electron chi connectivity index (χ2n) is 4.12. The van der Waals surface area contributed by atoms with E-state index in [0.717, 1.165) is 31.8 Å². The van der Waals surface area contributed by atoms with E-state index >= 15 is 0 Å². The molecule has 0 aliphatic carbocycles. The van der Waals surface area contributed by atoms with Crippen molar-refractivity contribution in [1.82, 2.24) is 20.3 Å². The van der Waals surface area contributed by atoms with Gasteiger partial charge in [-0.15, -0.1) is 5.10 Å². The molecule has 0 aromatic carbocycles. The summed E-state index contributed by atoms with van der Waals surface area (Å²) in [6, 6.07) is 0.470. The molecule has 1 heterocycles. The van der Waals surface area contributed by atoms with E-state index in [1.54, 1.807) is 0 Å². The number of nitrogens with one attached hydrogen (secondary N) is 1. The molecule has 1 aromatic rings. The van der Waals surface area contributed by atoms with Crippen molar-refractivity contribution in [2.45, 2.75) is 46.3 Å². The Balaban J connectivity index is 2.22. The van der Waals surface area contributed by atoms with Crippen LogP contribution in [0, 0.1) is 0 Å². The molecule has 5 nitrogen and oxygen atoms in total. The smallest absolute Gasteiger partial charge is 0.0964 e. The number of nitrogens with zero attached hydrogens (tertiary/aromatic N) is 3. The first-order valence-corrected chi connectivity index (χ1v) is 5.92. The van der Waals surface area contributed by atoms with E-state index in [1.807, 2.05) is 10.9 Å². The Bertz CT molecular complexity index is 285. The van der Waals surface area contributed by atoms with Crippen molar-refractivity contribution in [2.24, 2.45) is 0 Å². The minimum absolute atomic E-state index is 0.470. The van der Waals surface area contributed by atoms with Crippen molar-refractivity contribution < 1.29 is 4.74 Å². The number of hydrogen-bond donors (Lipinski definition) is 1. The van der Waals surface area contributed by atoms with E-state index in [0.29, 0.717) is 12.6 Å². The van der Waals surface area contributed by atoms with Crippen LogP contribution in [0.1, 0.15) is 32.9 Å². The molecule has 0 aliphatic rings. The summed E-state index contributed by atoms with van der Waals surface area (Å²) in [6.07, 6.45) is 3.02. The fourth-order valence-electron chi connectivity index (χ4n) is 1.24. The van der Waals surface area contributed by atoms with Gasteiger partial charge in [0, 0.05) is 25.4 Å². The Hall–Kier alpha value is -0.940. The average molecular weight is 226 g/mol. The molecule has 0 unspecified atom stereocenters. The molecule has 0 fully saturated rings. The van der Waals surface area contributed by atoms with Crippen LogP contribution in [0.5, 0.6) is 0 Å². The van der Waals surface area contributed by atoms with Gasteiger partial charge in [-0.25, -0.2) is 4.68 Å². The van der Waals surface area contributed by atoms with Crippen molar-refractivity contribution in [3.63, 3.8) is 0 Å². The molecule has 0 amide bonds. The fraction of sp³-hybridized carbons (Fsp3) is 0.818. The van der Waals surface area contributed by atoms with Crippen LogP contribution in [0.25, 0.3) is 0 Å². The van der Waals surface area contributed by atoms with E-state index in [-0.39, 0.29) is 0 Å². The van der Waals surface area contributed by atoms with Crippen molar-refractivity contribution in [3.8, 4) is 0 Å². The molecular weight excluding hydrogens is 204 g/mol. The maximum atomic E-state index is 5.39. The van der Waals surface area contributed by atoms with Gasteiger partial charge in [-0.05, 0) is 6.42 Å². The summed E-state index contributed by atoms with van der Waals surface area (Å²) in [5.74, 6) is 0. The van der Waals surface area contributed by atoms with Gasteiger partial charge in [0.2, 0.25) is 0 Å². The van der Waals surface area contributed by atoms with Crippen LogP contribution in [0.2, 0.25) is 0 Å². The largest absolute Gasteiger partial charge is 0.380 e. The van der Waals surface area contributed by atoms with Crippen molar-refractivity contribution in [1.29, 1.82) is 0 Å². The van der Waals surface area contributed by atoms with E-state index < -0.39 is 0 Å². The highest BCUT2D eigenvalue weighted by Crippen LogP contribution is 1.94. The SMILES string of the molecule is CCCOCCn1cc(CNC(C)C)nn1. The molecule has 92 valence electrons. The third-order valence-electron chi connectivity index (χ3n) is 2.09. The molecule has 1 N–H and O–H groups in total. The Kier molecular flexibility index (Phi) is 6.03. The average Bonchev–Trinajstić information content (AvgIpc) is 2.70. The Morgan fingerprint density at radius 3 is 2.94 bits per heavy atom. The zero-order valence-corrected chi connectivity index (χ0v) is 10.4. The van der Waals surface area contributed by atoms with Crippen molar-refractivity contribution in [3.05, 3.63) is 11.9 Å². The molecule has 1 rings (SSSR count). The van der Waals surface area contributed by atoms with Crippen LogP contribution in [0.4, 0.5) is 0 Å². The van der Waals surface area contributed by atoms with Crippen LogP contribution in [-0.2, 0) is 17.8 Å². The van der Waals surface area contributed by atoms with E-state index in [4.69, 9.17) is 4.74 Å². The molecule has 16 heavy (non-hydrogen) atoms. The van der Waals surface area contributed by atoms with Gasteiger partial charge in [-0.2, -0.15) is 0 Å². The predicted molar refractivity (Wildman–Crippen MR) is 63.1 cm³/mol. The standard InChI is InChI=1S/C11H22N4O/c1-4-6-16-7-5-15-9-11(13-14-15)8-12-10(2)3/h9-10,12H,4-8H2,1-3H3. The minimum atomic E-state index is 0.470. The third-order valence-corrected chi connectivity index (χ3v) is 2.09. The lowest BCUT2D eigenvalue weighted by molar-refractivity contribution is 0.124. The number of rotatable bonds is 8. The van der Waals surface area contributed by atoms with Crippen LogP contribution < -0.4 is 5.32 Å². The van der Waals surface area contributed by atoms with Gasteiger partial charge in [0.25, 0.3) is 0 Å². The van der Waals surface area contributed by atoms with E-state index in [9.17, 15) is 0 Å². The Morgan fingerprint density at radius 1 is 1.44 bits per heavy atom. The van der Waals surface area contributed by atoms with Gasteiger partial charge in [-0.3, -0.25) is 0 Å². The van der Waals surface area contributed by atoms with Crippen LogP contribution in [-0.4, -0.2) is 34.2 Å². The van der Waals surface area contributed by atoms with Gasteiger partial charge in [-0.1, -0.05) is 26.0 Å². The highest BCUT2D eigenvalue weighted by molar-refractivity contribution is 4.91. The summed E-state index contributed by atoms with van der Waals surface area (Å²) < 4.78 is 7.22. The normalized spacial score (nSPS) is 11.2. The third kappa shape index (κ3) is 5.23. The van der Waals surface area contributed by atoms with Crippen LogP contribution in [0.15, 0.2) is 6.20 Å². The van der Waals surface area contributed by atoms with Gasteiger partial charge in [0.05, 0.1) is 18.8 Å². The van der Waals surface area contributed by atoms with Crippen LogP contribution in [0.3, 0.4) is 0 Å². The summed E-state index contributed by atoms with van der Waals surface area (Å²) in [6.45, 7) is 9.39. The quantitative estimate of drug-likeness (QED) is 0.677.